The summed E-state index contributed by atoms with van der Waals surface area (Å²) < 4.78 is 52.0. The number of hydrogen-bond acceptors (Lipinski definition) is 8. The molecule has 5 rings (SSSR count). The number of anilines is 1. The molecule has 244 valence electrons. The zero-order chi connectivity index (χ0) is 32.0. The Kier molecular flexibility index (Phi) is 10.8. The quantitative estimate of drug-likeness (QED) is 0.226. The average molecular weight is 631 g/mol. The number of fused-ring (bicyclic) bond motifs is 1. The fourth-order valence-electron chi connectivity index (χ4n) is 6.59. The van der Waals surface area contributed by atoms with Gasteiger partial charge in [0.1, 0.15) is 11.6 Å². The number of methoxy groups -OCH3 is 1. The number of halogens is 3. The zero-order valence-electron chi connectivity index (χ0n) is 25.5. The molecule has 2 aromatic carbocycles. The number of carboxylic acids is 1. The third-order valence-electron chi connectivity index (χ3n) is 9.16. The molecule has 9 nitrogen and oxygen atoms in total. The summed E-state index contributed by atoms with van der Waals surface area (Å²) in [4.78, 5) is 21.0. The first kappa shape index (κ1) is 32.9. The number of nitrogens with zero attached hydrogens (tertiary/aromatic N) is 3. The first-order valence-corrected chi connectivity index (χ1v) is 15.4. The van der Waals surface area contributed by atoms with Crippen LogP contribution in [0.5, 0.6) is 5.75 Å². The molecule has 1 atom stereocenters. The second-order valence-corrected chi connectivity index (χ2v) is 12.1. The highest BCUT2D eigenvalue weighted by atomic mass is 19.2. The molecular weight excluding hydrogens is 589 g/mol. The summed E-state index contributed by atoms with van der Waals surface area (Å²) in [6, 6.07) is 7.03. The number of aromatic nitrogens is 1. The van der Waals surface area contributed by atoms with E-state index in [2.05, 4.69) is 20.1 Å². The molecule has 0 spiro atoms. The molecule has 12 heteroatoms. The lowest BCUT2D eigenvalue weighted by molar-refractivity contribution is -0.141. The van der Waals surface area contributed by atoms with Crippen molar-refractivity contribution >= 4 is 22.6 Å². The van der Waals surface area contributed by atoms with E-state index in [4.69, 9.17) is 9.47 Å². The van der Waals surface area contributed by atoms with E-state index in [1.165, 1.54) is 0 Å². The number of morpholine rings is 1. The molecule has 0 saturated carbocycles. The van der Waals surface area contributed by atoms with Crippen molar-refractivity contribution in [2.45, 2.75) is 44.8 Å². The first-order valence-electron chi connectivity index (χ1n) is 15.4. The number of carbonyl (C=O) groups is 1. The van der Waals surface area contributed by atoms with Gasteiger partial charge in [0.15, 0.2) is 11.6 Å². The van der Waals surface area contributed by atoms with Crippen LogP contribution in [0.3, 0.4) is 0 Å². The number of nitrogens with one attached hydrogen (secondary N) is 1. The van der Waals surface area contributed by atoms with Gasteiger partial charge >= 0.3 is 5.97 Å². The van der Waals surface area contributed by atoms with Gasteiger partial charge in [-0.25, -0.2) is 13.2 Å². The number of likely N-dealkylation sites (tertiary alicyclic amines) is 1. The van der Waals surface area contributed by atoms with Crippen molar-refractivity contribution in [1.82, 2.24) is 14.8 Å². The number of pyridine rings is 1. The summed E-state index contributed by atoms with van der Waals surface area (Å²) in [7, 11) is 1.60. The molecule has 2 aliphatic rings. The van der Waals surface area contributed by atoms with Gasteiger partial charge in [0.2, 0.25) is 0 Å². The highest BCUT2D eigenvalue weighted by Crippen LogP contribution is 2.42. The van der Waals surface area contributed by atoms with Crippen LogP contribution in [0.15, 0.2) is 36.5 Å². The van der Waals surface area contributed by atoms with Crippen LogP contribution in [0.1, 0.15) is 49.3 Å². The predicted molar refractivity (Wildman–Crippen MR) is 164 cm³/mol. The maximum absolute atomic E-state index is 14.0. The van der Waals surface area contributed by atoms with Crippen LogP contribution in [0, 0.1) is 22.9 Å². The van der Waals surface area contributed by atoms with E-state index in [1.54, 1.807) is 7.11 Å². The maximum atomic E-state index is 14.0. The largest absolute Gasteiger partial charge is 0.497 e. The zero-order valence-corrected chi connectivity index (χ0v) is 25.5. The third-order valence-corrected chi connectivity index (χ3v) is 9.16. The van der Waals surface area contributed by atoms with Crippen LogP contribution >= 0.6 is 0 Å². The molecule has 0 unspecified atom stereocenters. The lowest BCUT2D eigenvalue weighted by atomic mass is 9.71. The van der Waals surface area contributed by atoms with Gasteiger partial charge in [-0.3, -0.25) is 14.7 Å². The van der Waals surface area contributed by atoms with E-state index in [-0.39, 0.29) is 18.7 Å². The smallest absolute Gasteiger partial charge is 0.303 e. The molecule has 0 radical (unpaired) electrons. The van der Waals surface area contributed by atoms with Crippen LogP contribution in [-0.4, -0.2) is 90.6 Å². The minimum absolute atomic E-state index is 0.00879. The number of aliphatic hydroxyl groups excluding tert-OH is 1. The van der Waals surface area contributed by atoms with Crippen molar-refractivity contribution in [3.8, 4) is 5.75 Å². The molecule has 2 aliphatic heterocycles. The first-order chi connectivity index (χ1) is 21.7. The molecular formula is C33H41F3N4O5. The molecule has 2 saturated heterocycles. The van der Waals surface area contributed by atoms with Gasteiger partial charge in [0, 0.05) is 56.4 Å². The SMILES string of the molecule is COc1ccc2ncc(CN3CCOCC3)c([C@@H](O)CCC3(CC(=O)O)CCN(CCNc4cc(F)cc(F)c4F)CC3)c2c1. The Hall–Kier alpha value is -3.45. The third kappa shape index (κ3) is 8.23. The highest BCUT2D eigenvalue weighted by Gasteiger charge is 2.37. The second-order valence-electron chi connectivity index (χ2n) is 12.1. The minimum Gasteiger partial charge on any atom is -0.497 e. The van der Waals surface area contributed by atoms with E-state index < -0.39 is 34.9 Å². The number of carboxylic acid groups (broad SMARTS) is 1. The van der Waals surface area contributed by atoms with E-state index in [1.807, 2.05) is 24.4 Å². The van der Waals surface area contributed by atoms with E-state index in [0.717, 1.165) is 41.2 Å². The normalized spacial score (nSPS) is 18.2. The topological polar surface area (TPSA) is 107 Å². The Bertz CT molecular complexity index is 1480. The van der Waals surface area contributed by atoms with Crippen LogP contribution in [0.4, 0.5) is 18.9 Å². The molecule has 3 N–H and O–H groups in total. The van der Waals surface area contributed by atoms with Gasteiger partial charge in [-0.15, -0.1) is 0 Å². The summed E-state index contributed by atoms with van der Waals surface area (Å²) in [6.45, 7) is 5.49. The van der Waals surface area contributed by atoms with Crippen LogP contribution < -0.4 is 10.1 Å². The minimum atomic E-state index is -1.25. The summed E-state index contributed by atoms with van der Waals surface area (Å²) in [6.07, 6.45) is 3.10. The second kappa shape index (κ2) is 14.8. The summed E-state index contributed by atoms with van der Waals surface area (Å²) in [5.41, 5.74) is 1.74. The van der Waals surface area contributed by atoms with Gasteiger partial charge in [-0.1, -0.05) is 0 Å². The van der Waals surface area contributed by atoms with Crippen molar-refractivity contribution in [3.05, 3.63) is 65.1 Å². The monoisotopic (exact) mass is 630 g/mol. The lowest BCUT2D eigenvalue weighted by Gasteiger charge is -2.42. The van der Waals surface area contributed by atoms with Gasteiger partial charge < -0.3 is 29.9 Å². The number of aliphatic carboxylic acids is 1. The standard InChI is InChI=1S/C33H41F3N4O5/c1-44-24-2-3-27-25(18-24)31(22(20-38-27)21-40-12-14-45-15-13-40)29(41)4-5-33(19-30(42)43)6-9-39(10-7-33)11-8-37-28-17-23(34)16-26(35)32(28)36/h2-3,16-18,20,29,37,41H,4-15,19,21H2,1H3,(H,42,43)/t29-/m0/s1. The molecule has 3 aromatic rings. The van der Waals surface area contributed by atoms with Gasteiger partial charge in [-0.2, -0.15) is 0 Å². The number of hydrogen-bond donors (Lipinski definition) is 3. The summed E-state index contributed by atoms with van der Waals surface area (Å²) >= 11 is 0. The lowest BCUT2D eigenvalue weighted by Crippen LogP contribution is -2.43. The van der Waals surface area contributed by atoms with Crippen molar-refractivity contribution < 1.29 is 37.7 Å². The number of rotatable bonds is 13. The Labute approximate surface area is 260 Å². The molecule has 0 bridgehead atoms. The van der Waals surface area contributed by atoms with E-state index in [0.29, 0.717) is 76.9 Å². The Morgan fingerprint density at radius 2 is 1.87 bits per heavy atom. The fourth-order valence-corrected chi connectivity index (χ4v) is 6.59. The molecule has 45 heavy (non-hydrogen) atoms. The number of ether oxygens (including phenoxy) is 2. The summed E-state index contributed by atoms with van der Waals surface area (Å²) in [5.74, 6) is -3.45. The molecule has 1 aromatic heterocycles. The van der Waals surface area contributed by atoms with E-state index >= 15 is 0 Å². The Balaban J connectivity index is 1.27. The summed E-state index contributed by atoms with van der Waals surface area (Å²) in [5, 5.41) is 25.1. The van der Waals surface area contributed by atoms with Gasteiger partial charge in [-0.05, 0) is 73.5 Å². The van der Waals surface area contributed by atoms with Crippen LogP contribution in [-0.2, 0) is 16.1 Å². The Morgan fingerprint density at radius 3 is 2.58 bits per heavy atom. The Morgan fingerprint density at radius 1 is 1.11 bits per heavy atom. The number of benzene rings is 2. The molecule has 0 amide bonds. The number of aliphatic hydroxyl groups is 1. The van der Waals surface area contributed by atoms with Gasteiger partial charge in [0.05, 0.1) is 44.1 Å². The molecule has 0 aliphatic carbocycles. The van der Waals surface area contributed by atoms with Crippen molar-refractivity contribution in [1.29, 1.82) is 0 Å². The van der Waals surface area contributed by atoms with Crippen LogP contribution in [0.25, 0.3) is 10.9 Å². The molecule has 3 heterocycles. The number of piperidine rings is 1. The van der Waals surface area contributed by atoms with Crippen molar-refractivity contribution in [2.75, 3.05) is 64.9 Å². The fraction of sp³-hybridized carbons (Fsp3) is 0.515. The van der Waals surface area contributed by atoms with Crippen LogP contribution in [0.2, 0.25) is 0 Å². The van der Waals surface area contributed by atoms with Gasteiger partial charge in [0.25, 0.3) is 0 Å². The maximum Gasteiger partial charge on any atom is 0.303 e. The van der Waals surface area contributed by atoms with Crippen molar-refractivity contribution in [3.63, 3.8) is 0 Å². The van der Waals surface area contributed by atoms with E-state index in [9.17, 15) is 28.2 Å². The van der Waals surface area contributed by atoms with Crippen molar-refractivity contribution in [2.24, 2.45) is 5.41 Å². The highest BCUT2D eigenvalue weighted by molar-refractivity contribution is 5.85. The average Bonchev–Trinajstić information content (AvgIpc) is 3.03. The molecule has 2 fully saturated rings. The predicted octanol–water partition coefficient (Wildman–Crippen LogP) is 4.98.